The van der Waals surface area contributed by atoms with Crippen LogP contribution in [-0.4, -0.2) is 22.3 Å². The Morgan fingerprint density at radius 2 is 1.96 bits per heavy atom. The summed E-state index contributed by atoms with van der Waals surface area (Å²) in [7, 11) is 0. The molecule has 1 aromatic heterocycles. The first-order valence-electron chi connectivity index (χ1n) is 8.28. The van der Waals surface area contributed by atoms with E-state index < -0.39 is 0 Å². The van der Waals surface area contributed by atoms with Crippen molar-refractivity contribution in [1.82, 2.24) is 9.78 Å². The Hall–Kier alpha value is -2.79. The molecule has 0 aliphatic rings. The molecular weight excluding hydrogens is 350 g/mol. The van der Waals surface area contributed by atoms with Crippen molar-refractivity contribution in [2.45, 2.75) is 20.4 Å². The molecular formula is C20H20ClN3O2. The molecule has 0 saturated heterocycles. The third-order valence-electron chi connectivity index (χ3n) is 3.92. The van der Waals surface area contributed by atoms with Gasteiger partial charge in [-0.2, -0.15) is 5.10 Å². The van der Waals surface area contributed by atoms with Gasteiger partial charge in [0.2, 0.25) is 0 Å². The van der Waals surface area contributed by atoms with Crippen LogP contribution in [0.5, 0.6) is 5.75 Å². The molecule has 134 valence electrons. The lowest BCUT2D eigenvalue weighted by Gasteiger charge is -2.08. The molecule has 0 aliphatic heterocycles. The highest BCUT2D eigenvalue weighted by Crippen LogP contribution is 2.17. The fourth-order valence-electron chi connectivity index (χ4n) is 2.58. The first kappa shape index (κ1) is 18.0. The normalized spacial score (nSPS) is 10.6. The average molecular weight is 370 g/mol. The Labute approximate surface area is 157 Å². The van der Waals surface area contributed by atoms with Gasteiger partial charge in [0.1, 0.15) is 5.75 Å². The van der Waals surface area contributed by atoms with Crippen molar-refractivity contribution in [3.8, 4) is 5.75 Å². The van der Waals surface area contributed by atoms with Crippen LogP contribution in [0.15, 0.2) is 54.6 Å². The molecule has 0 aliphatic carbocycles. The fraction of sp³-hybridized carbons (Fsp3) is 0.200. The minimum Gasteiger partial charge on any atom is -0.483 e. The van der Waals surface area contributed by atoms with E-state index in [2.05, 4.69) is 10.4 Å². The fourth-order valence-corrected chi connectivity index (χ4v) is 2.79. The summed E-state index contributed by atoms with van der Waals surface area (Å²) >= 11 is 6.02. The number of benzene rings is 2. The number of aryl methyl sites for hydroxylation is 2. The van der Waals surface area contributed by atoms with E-state index in [1.807, 2.05) is 73.1 Å². The van der Waals surface area contributed by atoms with Gasteiger partial charge < -0.3 is 10.1 Å². The first-order valence-corrected chi connectivity index (χ1v) is 8.66. The number of halogens is 1. The molecule has 0 saturated carbocycles. The van der Waals surface area contributed by atoms with E-state index in [0.29, 0.717) is 23.1 Å². The zero-order valence-electron chi connectivity index (χ0n) is 14.7. The maximum absolute atomic E-state index is 12.1. The summed E-state index contributed by atoms with van der Waals surface area (Å²) in [5.74, 6) is 0.953. The summed E-state index contributed by atoms with van der Waals surface area (Å²) in [6, 6.07) is 17.0. The number of anilines is 1. The number of para-hydroxylation sites is 1. The number of nitrogens with zero attached hydrogens (tertiary/aromatic N) is 2. The molecule has 1 N–H and O–H groups in total. The summed E-state index contributed by atoms with van der Waals surface area (Å²) in [6.45, 7) is 4.40. The lowest BCUT2D eigenvalue weighted by molar-refractivity contribution is -0.118. The Kier molecular flexibility index (Phi) is 5.58. The Balaban J connectivity index is 1.60. The van der Waals surface area contributed by atoms with Gasteiger partial charge in [0.05, 0.1) is 6.54 Å². The number of rotatable bonds is 6. The van der Waals surface area contributed by atoms with Crippen molar-refractivity contribution >= 4 is 23.3 Å². The number of aromatic nitrogens is 2. The molecule has 0 radical (unpaired) electrons. The second-order valence-corrected chi connectivity index (χ2v) is 6.50. The molecule has 6 heteroatoms. The Bertz CT molecular complexity index is 921. The van der Waals surface area contributed by atoms with E-state index in [1.165, 1.54) is 0 Å². The summed E-state index contributed by atoms with van der Waals surface area (Å²) in [5.41, 5.74) is 2.98. The molecule has 0 bridgehead atoms. The summed E-state index contributed by atoms with van der Waals surface area (Å²) < 4.78 is 7.38. The third kappa shape index (κ3) is 4.64. The van der Waals surface area contributed by atoms with Gasteiger partial charge in [0.15, 0.2) is 12.4 Å². The van der Waals surface area contributed by atoms with E-state index in [1.54, 1.807) is 0 Å². The van der Waals surface area contributed by atoms with Crippen LogP contribution in [0, 0.1) is 13.8 Å². The SMILES string of the molecule is Cc1ccccc1OCC(=O)Nc1cc(C)n(Cc2cccc(Cl)c2)n1. The van der Waals surface area contributed by atoms with Crippen molar-refractivity contribution in [3.63, 3.8) is 0 Å². The van der Waals surface area contributed by atoms with Gasteiger partial charge in [-0.3, -0.25) is 9.48 Å². The number of hydrogen-bond donors (Lipinski definition) is 1. The molecule has 0 unspecified atom stereocenters. The highest BCUT2D eigenvalue weighted by Gasteiger charge is 2.10. The van der Waals surface area contributed by atoms with Crippen LogP contribution in [0.1, 0.15) is 16.8 Å². The van der Waals surface area contributed by atoms with Crippen LogP contribution in [0.4, 0.5) is 5.82 Å². The topological polar surface area (TPSA) is 56.1 Å². The highest BCUT2D eigenvalue weighted by molar-refractivity contribution is 6.30. The van der Waals surface area contributed by atoms with E-state index in [-0.39, 0.29) is 12.5 Å². The minimum atomic E-state index is -0.249. The maximum atomic E-state index is 12.1. The zero-order chi connectivity index (χ0) is 18.5. The molecule has 1 heterocycles. The average Bonchev–Trinajstić information content (AvgIpc) is 2.93. The number of carbonyl (C=O) groups excluding carboxylic acids is 1. The molecule has 2 aromatic carbocycles. The summed E-state index contributed by atoms with van der Waals surface area (Å²) in [5, 5.41) is 7.89. The van der Waals surface area contributed by atoms with Crippen molar-refractivity contribution in [2.24, 2.45) is 0 Å². The molecule has 26 heavy (non-hydrogen) atoms. The van der Waals surface area contributed by atoms with Crippen LogP contribution in [0.3, 0.4) is 0 Å². The Morgan fingerprint density at radius 1 is 1.15 bits per heavy atom. The van der Waals surface area contributed by atoms with Crippen LogP contribution in [-0.2, 0) is 11.3 Å². The summed E-state index contributed by atoms with van der Waals surface area (Å²) in [6.07, 6.45) is 0. The van der Waals surface area contributed by atoms with Crippen molar-refractivity contribution < 1.29 is 9.53 Å². The molecule has 5 nitrogen and oxygen atoms in total. The zero-order valence-corrected chi connectivity index (χ0v) is 15.5. The lowest BCUT2D eigenvalue weighted by Crippen LogP contribution is -2.20. The van der Waals surface area contributed by atoms with Gasteiger partial charge in [-0.05, 0) is 43.2 Å². The van der Waals surface area contributed by atoms with Crippen LogP contribution in [0.2, 0.25) is 5.02 Å². The van der Waals surface area contributed by atoms with E-state index in [0.717, 1.165) is 16.8 Å². The standard InChI is InChI=1S/C20H20ClN3O2/c1-14-6-3-4-9-18(14)26-13-20(25)22-19-10-15(2)24(23-19)12-16-7-5-8-17(21)11-16/h3-11H,12-13H2,1-2H3,(H,22,23,25). The van der Waals surface area contributed by atoms with Crippen molar-refractivity contribution in [3.05, 3.63) is 76.4 Å². The number of ether oxygens (including phenoxy) is 1. The smallest absolute Gasteiger partial charge is 0.263 e. The maximum Gasteiger partial charge on any atom is 0.263 e. The minimum absolute atomic E-state index is 0.0644. The van der Waals surface area contributed by atoms with Crippen LogP contribution < -0.4 is 10.1 Å². The van der Waals surface area contributed by atoms with Gasteiger partial charge in [-0.25, -0.2) is 0 Å². The van der Waals surface area contributed by atoms with Gasteiger partial charge in [-0.15, -0.1) is 0 Å². The Morgan fingerprint density at radius 3 is 2.73 bits per heavy atom. The molecule has 3 aromatic rings. The first-order chi connectivity index (χ1) is 12.5. The van der Waals surface area contributed by atoms with E-state index >= 15 is 0 Å². The molecule has 3 rings (SSSR count). The third-order valence-corrected chi connectivity index (χ3v) is 4.16. The van der Waals surface area contributed by atoms with Crippen molar-refractivity contribution in [1.29, 1.82) is 0 Å². The number of carbonyl (C=O) groups is 1. The van der Waals surface area contributed by atoms with Gasteiger partial charge >= 0.3 is 0 Å². The quantitative estimate of drug-likeness (QED) is 0.707. The monoisotopic (exact) mass is 369 g/mol. The molecule has 0 spiro atoms. The molecule has 0 atom stereocenters. The number of hydrogen-bond acceptors (Lipinski definition) is 3. The van der Waals surface area contributed by atoms with Crippen LogP contribution >= 0.6 is 11.6 Å². The van der Waals surface area contributed by atoms with Gasteiger partial charge in [-0.1, -0.05) is 41.9 Å². The van der Waals surface area contributed by atoms with E-state index in [4.69, 9.17) is 16.3 Å². The molecule has 0 fully saturated rings. The van der Waals surface area contributed by atoms with Gasteiger partial charge in [0, 0.05) is 16.8 Å². The van der Waals surface area contributed by atoms with Crippen LogP contribution in [0.25, 0.3) is 0 Å². The van der Waals surface area contributed by atoms with Crippen molar-refractivity contribution in [2.75, 3.05) is 11.9 Å². The molecule has 1 amide bonds. The number of nitrogens with one attached hydrogen (secondary N) is 1. The largest absolute Gasteiger partial charge is 0.483 e. The predicted molar refractivity (Wildman–Crippen MR) is 103 cm³/mol. The van der Waals surface area contributed by atoms with Gasteiger partial charge in [0.25, 0.3) is 5.91 Å². The number of amides is 1. The second-order valence-electron chi connectivity index (χ2n) is 6.06. The summed E-state index contributed by atoms with van der Waals surface area (Å²) in [4.78, 5) is 12.1. The highest BCUT2D eigenvalue weighted by atomic mass is 35.5. The lowest BCUT2D eigenvalue weighted by atomic mass is 10.2. The second kappa shape index (κ2) is 8.06. The predicted octanol–water partition coefficient (Wildman–Crippen LogP) is 4.22. The van der Waals surface area contributed by atoms with E-state index in [9.17, 15) is 4.79 Å².